The Morgan fingerprint density at radius 1 is 1.47 bits per heavy atom. The number of amides is 1. The van der Waals surface area contributed by atoms with Crippen LogP contribution in [0.3, 0.4) is 0 Å². The number of anilines is 1. The molecule has 6 heteroatoms. The van der Waals surface area contributed by atoms with Gasteiger partial charge < -0.3 is 15.4 Å². The third-order valence-electron chi connectivity index (χ3n) is 3.23. The van der Waals surface area contributed by atoms with Crippen molar-refractivity contribution in [2.45, 2.75) is 18.9 Å². The fourth-order valence-electron chi connectivity index (χ4n) is 2.26. The summed E-state index contributed by atoms with van der Waals surface area (Å²) in [5, 5.41) is 0.436. The van der Waals surface area contributed by atoms with Gasteiger partial charge >= 0.3 is 5.97 Å². The van der Waals surface area contributed by atoms with Crippen molar-refractivity contribution < 1.29 is 14.3 Å². The van der Waals surface area contributed by atoms with Crippen LogP contribution in [0.25, 0.3) is 0 Å². The number of hydrogen-bond acceptors (Lipinski definition) is 4. The van der Waals surface area contributed by atoms with Gasteiger partial charge in [-0.25, -0.2) is 4.79 Å². The maximum atomic E-state index is 12.4. The monoisotopic (exact) mass is 282 g/mol. The SMILES string of the molecule is COC(=O)C1CCCN1C(=O)c1cc(Cl)ccc1N. The zero-order valence-corrected chi connectivity index (χ0v) is 11.3. The molecule has 2 rings (SSSR count). The zero-order valence-electron chi connectivity index (χ0n) is 10.6. The first kappa shape index (κ1) is 13.7. The Balaban J connectivity index is 2.28. The number of ether oxygens (including phenoxy) is 1. The van der Waals surface area contributed by atoms with E-state index in [9.17, 15) is 9.59 Å². The summed E-state index contributed by atoms with van der Waals surface area (Å²) in [6, 6.07) is 4.19. The van der Waals surface area contributed by atoms with E-state index in [0.717, 1.165) is 6.42 Å². The van der Waals surface area contributed by atoms with Gasteiger partial charge in [0.1, 0.15) is 6.04 Å². The topological polar surface area (TPSA) is 72.6 Å². The van der Waals surface area contributed by atoms with E-state index < -0.39 is 12.0 Å². The zero-order chi connectivity index (χ0) is 14.0. The average Bonchev–Trinajstić information content (AvgIpc) is 2.89. The number of carbonyl (C=O) groups excluding carboxylic acids is 2. The van der Waals surface area contributed by atoms with Gasteiger partial charge in [-0.1, -0.05) is 11.6 Å². The van der Waals surface area contributed by atoms with Crippen LogP contribution in [0, 0.1) is 0 Å². The molecule has 5 nitrogen and oxygen atoms in total. The second kappa shape index (κ2) is 5.48. The largest absolute Gasteiger partial charge is 0.467 e. The normalized spacial score (nSPS) is 18.4. The first-order valence-electron chi connectivity index (χ1n) is 5.98. The third kappa shape index (κ3) is 2.66. The highest BCUT2D eigenvalue weighted by Gasteiger charge is 2.35. The minimum Gasteiger partial charge on any atom is -0.467 e. The van der Waals surface area contributed by atoms with Crippen LogP contribution in [0.2, 0.25) is 5.02 Å². The molecule has 0 aliphatic carbocycles. The first-order chi connectivity index (χ1) is 9.04. The lowest BCUT2D eigenvalue weighted by Gasteiger charge is -2.23. The molecular formula is C13H15ClN2O3. The van der Waals surface area contributed by atoms with Crippen LogP contribution >= 0.6 is 11.6 Å². The number of nitrogens with two attached hydrogens (primary N) is 1. The maximum Gasteiger partial charge on any atom is 0.328 e. The molecule has 1 amide bonds. The molecule has 1 aromatic rings. The molecule has 0 aromatic heterocycles. The Bertz CT molecular complexity index is 519. The number of nitrogens with zero attached hydrogens (tertiary/aromatic N) is 1. The fourth-order valence-corrected chi connectivity index (χ4v) is 2.43. The molecule has 1 unspecified atom stereocenters. The van der Waals surface area contributed by atoms with E-state index in [1.807, 2.05) is 0 Å². The van der Waals surface area contributed by atoms with Gasteiger partial charge in [-0.05, 0) is 31.0 Å². The lowest BCUT2D eigenvalue weighted by atomic mass is 10.1. The van der Waals surface area contributed by atoms with Crippen molar-refractivity contribution in [1.29, 1.82) is 0 Å². The molecular weight excluding hydrogens is 268 g/mol. The highest BCUT2D eigenvalue weighted by atomic mass is 35.5. The van der Waals surface area contributed by atoms with E-state index in [-0.39, 0.29) is 5.91 Å². The highest BCUT2D eigenvalue weighted by molar-refractivity contribution is 6.31. The number of nitrogen functional groups attached to an aromatic ring is 1. The predicted octanol–water partition coefficient (Wildman–Crippen LogP) is 1.70. The van der Waals surface area contributed by atoms with Gasteiger partial charge in [0.25, 0.3) is 5.91 Å². The van der Waals surface area contributed by atoms with Crippen molar-refractivity contribution in [3.63, 3.8) is 0 Å². The number of hydrogen-bond donors (Lipinski definition) is 1. The molecule has 1 saturated heterocycles. The van der Waals surface area contributed by atoms with Gasteiger partial charge in [0.05, 0.1) is 12.7 Å². The molecule has 2 N–H and O–H groups in total. The Morgan fingerprint density at radius 2 is 2.21 bits per heavy atom. The van der Waals surface area contributed by atoms with E-state index in [1.165, 1.54) is 18.1 Å². The van der Waals surface area contributed by atoms with E-state index >= 15 is 0 Å². The summed E-state index contributed by atoms with van der Waals surface area (Å²) in [6.45, 7) is 0.518. The maximum absolute atomic E-state index is 12.4. The van der Waals surface area contributed by atoms with Crippen LogP contribution in [0.1, 0.15) is 23.2 Å². The Labute approximate surface area is 116 Å². The van der Waals surface area contributed by atoms with Gasteiger partial charge in [-0.2, -0.15) is 0 Å². The molecule has 0 bridgehead atoms. The third-order valence-corrected chi connectivity index (χ3v) is 3.47. The van der Waals surface area contributed by atoms with E-state index in [2.05, 4.69) is 0 Å². The minimum atomic E-state index is -0.532. The Kier molecular flexibility index (Phi) is 3.95. The summed E-state index contributed by atoms with van der Waals surface area (Å²) in [5.41, 5.74) is 6.46. The quantitative estimate of drug-likeness (QED) is 0.662. The number of methoxy groups -OCH3 is 1. The van der Waals surface area contributed by atoms with Crippen LogP contribution in [0.15, 0.2) is 18.2 Å². The van der Waals surface area contributed by atoms with Gasteiger partial charge in [-0.15, -0.1) is 0 Å². The number of likely N-dealkylation sites (tertiary alicyclic amines) is 1. The first-order valence-corrected chi connectivity index (χ1v) is 6.36. The van der Waals surface area contributed by atoms with Crippen LogP contribution in [-0.2, 0) is 9.53 Å². The van der Waals surface area contributed by atoms with Crippen molar-refractivity contribution in [2.75, 3.05) is 19.4 Å². The summed E-state index contributed by atoms with van der Waals surface area (Å²) in [4.78, 5) is 25.6. The molecule has 1 atom stereocenters. The second-order valence-corrected chi connectivity index (χ2v) is 4.85. The van der Waals surface area contributed by atoms with Crippen molar-refractivity contribution in [3.8, 4) is 0 Å². The van der Waals surface area contributed by atoms with Gasteiger partial charge in [0.15, 0.2) is 0 Å². The van der Waals surface area contributed by atoms with E-state index in [0.29, 0.717) is 29.2 Å². The van der Waals surface area contributed by atoms with Crippen molar-refractivity contribution in [2.24, 2.45) is 0 Å². The van der Waals surface area contributed by atoms with Crippen molar-refractivity contribution >= 4 is 29.2 Å². The van der Waals surface area contributed by atoms with Gasteiger partial charge in [0.2, 0.25) is 0 Å². The van der Waals surface area contributed by atoms with Gasteiger partial charge in [0, 0.05) is 17.3 Å². The van der Waals surface area contributed by atoms with Crippen LogP contribution in [0.4, 0.5) is 5.69 Å². The van der Waals surface area contributed by atoms with Crippen LogP contribution in [-0.4, -0.2) is 36.5 Å². The number of halogens is 1. The molecule has 0 radical (unpaired) electrons. The van der Waals surface area contributed by atoms with Crippen molar-refractivity contribution in [3.05, 3.63) is 28.8 Å². The van der Waals surface area contributed by atoms with E-state index in [4.69, 9.17) is 22.1 Å². The minimum absolute atomic E-state index is 0.284. The van der Waals surface area contributed by atoms with Crippen molar-refractivity contribution in [1.82, 2.24) is 4.90 Å². The standard InChI is InChI=1S/C13H15ClN2O3/c1-19-13(18)11-3-2-6-16(11)12(17)9-7-8(14)4-5-10(9)15/h4-5,7,11H,2-3,6,15H2,1H3. The molecule has 102 valence electrons. The second-order valence-electron chi connectivity index (χ2n) is 4.41. The summed E-state index contributed by atoms with van der Waals surface area (Å²) in [5.74, 6) is -0.681. The molecule has 1 fully saturated rings. The number of benzene rings is 1. The number of rotatable bonds is 2. The van der Waals surface area contributed by atoms with E-state index in [1.54, 1.807) is 12.1 Å². The predicted molar refractivity (Wildman–Crippen MR) is 71.9 cm³/mol. The molecule has 0 saturated carbocycles. The Morgan fingerprint density at radius 3 is 2.89 bits per heavy atom. The average molecular weight is 283 g/mol. The summed E-state index contributed by atoms with van der Waals surface area (Å²) in [6.07, 6.45) is 1.38. The Hall–Kier alpha value is -1.75. The highest BCUT2D eigenvalue weighted by Crippen LogP contribution is 2.25. The number of esters is 1. The molecule has 1 heterocycles. The van der Waals surface area contributed by atoms with Crippen LogP contribution < -0.4 is 5.73 Å². The van der Waals surface area contributed by atoms with Crippen LogP contribution in [0.5, 0.6) is 0 Å². The molecule has 19 heavy (non-hydrogen) atoms. The number of carbonyl (C=O) groups is 2. The lowest BCUT2D eigenvalue weighted by molar-refractivity contribution is -0.145. The summed E-state index contributed by atoms with van der Waals surface area (Å²) in [7, 11) is 1.32. The molecule has 1 aliphatic heterocycles. The molecule has 1 aromatic carbocycles. The smallest absolute Gasteiger partial charge is 0.328 e. The lowest BCUT2D eigenvalue weighted by Crippen LogP contribution is -2.41. The van der Waals surface area contributed by atoms with Gasteiger partial charge in [-0.3, -0.25) is 4.79 Å². The fraction of sp³-hybridized carbons (Fsp3) is 0.385. The molecule has 0 spiro atoms. The molecule has 1 aliphatic rings. The summed E-state index contributed by atoms with van der Waals surface area (Å²) < 4.78 is 4.71. The summed E-state index contributed by atoms with van der Waals surface area (Å²) >= 11 is 5.88.